The minimum Gasteiger partial charge on any atom is -0.373 e. The van der Waals surface area contributed by atoms with Crippen molar-refractivity contribution >= 4 is 34.6 Å². The highest BCUT2D eigenvalue weighted by atomic mass is 35.5. The lowest BCUT2D eigenvalue weighted by Crippen LogP contribution is -2.14. The molecule has 0 bridgehead atoms. The summed E-state index contributed by atoms with van der Waals surface area (Å²) in [6.45, 7) is 1.70. The molecule has 1 aliphatic carbocycles. The average molecular weight is 428 g/mol. The number of amides is 1. The number of nitrogens with zero attached hydrogens (tertiary/aromatic N) is 1. The molecule has 154 valence electrons. The van der Waals surface area contributed by atoms with E-state index in [0.29, 0.717) is 11.8 Å². The number of rotatable bonds is 6. The number of carbonyl (C=O) groups is 1. The Bertz CT molecular complexity index is 944. The summed E-state index contributed by atoms with van der Waals surface area (Å²) in [6.07, 6.45) is -3.02. The van der Waals surface area contributed by atoms with E-state index in [0.717, 1.165) is 24.5 Å². The summed E-state index contributed by atoms with van der Waals surface area (Å²) in [6, 6.07) is 7.70. The van der Waals surface area contributed by atoms with Gasteiger partial charge in [-0.25, -0.2) is 0 Å². The van der Waals surface area contributed by atoms with Gasteiger partial charge in [-0.2, -0.15) is 13.2 Å². The number of alkyl halides is 3. The predicted molar refractivity (Wildman–Crippen MR) is 103 cm³/mol. The third kappa shape index (κ3) is 4.97. The Kier molecular flexibility index (Phi) is 5.70. The van der Waals surface area contributed by atoms with Crippen molar-refractivity contribution in [3.8, 4) is 0 Å². The first-order valence-electron chi connectivity index (χ1n) is 8.78. The van der Waals surface area contributed by atoms with Crippen LogP contribution in [0.15, 0.2) is 36.4 Å². The van der Waals surface area contributed by atoms with Crippen molar-refractivity contribution in [1.29, 1.82) is 0 Å². The maximum atomic E-state index is 13.0. The first kappa shape index (κ1) is 20.9. The fourth-order valence-corrected chi connectivity index (χ4v) is 3.08. The summed E-state index contributed by atoms with van der Waals surface area (Å²) in [5.41, 5.74) is -0.755. The summed E-state index contributed by atoms with van der Waals surface area (Å²) < 4.78 is 38.9. The van der Waals surface area contributed by atoms with Gasteiger partial charge in [0.1, 0.15) is 5.69 Å². The van der Waals surface area contributed by atoms with Gasteiger partial charge in [-0.05, 0) is 43.5 Å². The van der Waals surface area contributed by atoms with Crippen LogP contribution in [0, 0.1) is 16.0 Å². The van der Waals surface area contributed by atoms with Crippen molar-refractivity contribution in [3.05, 3.63) is 62.7 Å². The smallest absolute Gasteiger partial charge is 0.373 e. The van der Waals surface area contributed by atoms with Crippen molar-refractivity contribution in [2.45, 2.75) is 32.0 Å². The lowest BCUT2D eigenvalue weighted by Gasteiger charge is -2.18. The summed E-state index contributed by atoms with van der Waals surface area (Å²) in [7, 11) is 0. The van der Waals surface area contributed by atoms with Gasteiger partial charge in [0.25, 0.3) is 5.69 Å². The SMILES string of the molecule is CC(Nc1cc(Cl)c(C(F)(F)F)cc1[N+](=O)[O-])c1ccc(NC(=O)C2CC2)cc1. The van der Waals surface area contributed by atoms with Gasteiger partial charge in [0.15, 0.2) is 0 Å². The normalized spacial score (nSPS) is 14.9. The van der Waals surface area contributed by atoms with Crippen LogP contribution in [0.1, 0.15) is 36.9 Å². The first-order valence-corrected chi connectivity index (χ1v) is 9.16. The van der Waals surface area contributed by atoms with Gasteiger partial charge in [0, 0.05) is 23.7 Å². The molecule has 1 aliphatic rings. The van der Waals surface area contributed by atoms with Crippen molar-refractivity contribution < 1.29 is 22.9 Å². The number of hydrogen-bond acceptors (Lipinski definition) is 4. The minimum atomic E-state index is -4.80. The standard InChI is InChI=1S/C19H17ClF3N3O3/c1-10(11-4-6-13(7-5-11)25-18(27)12-2-3-12)24-16-9-15(20)14(19(21,22)23)8-17(16)26(28)29/h4-10,12,24H,2-3H2,1H3,(H,25,27). The zero-order valence-electron chi connectivity index (χ0n) is 15.2. The maximum absolute atomic E-state index is 13.0. The molecule has 29 heavy (non-hydrogen) atoms. The van der Waals surface area contributed by atoms with Crippen LogP contribution in [-0.4, -0.2) is 10.8 Å². The number of nitro groups is 1. The van der Waals surface area contributed by atoms with E-state index in [1.54, 1.807) is 31.2 Å². The molecule has 0 spiro atoms. The average Bonchev–Trinajstić information content (AvgIpc) is 3.46. The van der Waals surface area contributed by atoms with Crippen molar-refractivity contribution in [2.75, 3.05) is 10.6 Å². The molecular formula is C19H17ClF3N3O3. The molecule has 2 aromatic rings. The lowest BCUT2D eigenvalue weighted by atomic mass is 10.1. The van der Waals surface area contributed by atoms with Crippen LogP contribution in [0.3, 0.4) is 0 Å². The number of hydrogen-bond donors (Lipinski definition) is 2. The van der Waals surface area contributed by atoms with Crippen LogP contribution in [0.4, 0.5) is 30.2 Å². The minimum absolute atomic E-state index is 0.0288. The Morgan fingerprint density at radius 2 is 1.86 bits per heavy atom. The number of anilines is 2. The zero-order valence-corrected chi connectivity index (χ0v) is 16.0. The second kappa shape index (κ2) is 7.90. The lowest BCUT2D eigenvalue weighted by molar-refractivity contribution is -0.384. The van der Waals surface area contributed by atoms with Gasteiger partial charge in [0.05, 0.1) is 15.5 Å². The number of halogens is 4. The van der Waals surface area contributed by atoms with Gasteiger partial charge in [0.2, 0.25) is 5.91 Å². The first-order chi connectivity index (χ1) is 13.6. The monoisotopic (exact) mass is 427 g/mol. The number of carbonyl (C=O) groups excluding carboxylic acids is 1. The van der Waals surface area contributed by atoms with Crippen LogP contribution in [0.2, 0.25) is 5.02 Å². The molecule has 10 heteroatoms. The molecule has 3 rings (SSSR count). The third-order valence-electron chi connectivity index (χ3n) is 4.59. The second-order valence-corrected chi connectivity index (χ2v) is 7.26. The van der Waals surface area contributed by atoms with Gasteiger partial charge in [-0.3, -0.25) is 14.9 Å². The van der Waals surface area contributed by atoms with E-state index in [2.05, 4.69) is 10.6 Å². The highest BCUT2D eigenvalue weighted by Gasteiger charge is 2.36. The number of nitrogens with one attached hydrogen (secondary N) is 2. The fraction of sp³-hybridized carbons (Fsp3) is 0.316. The molecule has 2 aromatic carbocycles. The van der Waals surface area contributed by atoms with Gasteiger partial charge in [-0.15, -0.1) is 0 Å². The van der Waals surface area contributed by atoms with Crippen molar-refractivity contribution in [3.63, 3.8) is 0 Å². The quantitative estimate of drug-likeness (QED) is 0.451. The largest absolute Gasteiger partial charge is 0.418 e. The number of nitro benzene ring substituents is 1. The summed E-state index contributed by atoms with van der Waals surface area (Å²) >= 11 is 5.70. The summed E-state index contributed by atoms with van der Waals surface area (Å²) in [5, 5.41) is 16.3. The van der Waals surface area contributed by atoms with Crippen molar-refractivity contribution in [2.24, 2.45) is 5.92 Å². The van der Waals surface area contributed by atoms with E-state index < -0.39 is 33.4 Å². The predicted octanol–water partition coefficient (Wildman–Crippen LogP) is 5.79. The highest BCUT2D eigenvalue weighted by Crippen LogP contribution is 2.41. The highest BCUT2D eigenvalue weighted by molar-refractivity contribution is 6.31. The molecule has 0 aliphatic heterocycles. The Labute approximate surface area is 169 Å². The van der Waals surface area contributed by atoms with E-state index >= 15 is 0 Å². The summed E-state index contributed by atoms with van der Waals surface area (Å²) in [4.78, 5) is 22.1. The van der Waals surface area contributed by atoms with Crippen molar-refractivity contribution in [1.82, 2.24) is 0 Å². The van der Waals surface area contributed by atoms with Crippen LogP contribution in [0.5, 0.6) is 0 Å². The third-order valence-corrected chi connectivity index (χ3v) is 4.90. The number of benzene rings is 2. The Morgan fingerprint density at radius 1 is 1.24 bits per heavy atom. The van der Waals surface area contributed by atoms with Crippen LogP contribution in [-0.2, 0) is 11.0 Å². The van der Waals surface area contributed by atoms with Crippen LogP contribution >= 0.6 is 11.6 Å². The Balaban J connectivity index is 1.79. The second-order valence-electron chi connectivity index (χ2n) is 6.86. The molecule has 1 fully saturated rings. The molecule has 6 nitrogen and oxygen atoms in total. The van der Waals surface area contributed by atoms with Crippen LogP contribution in [0.25, 0.3) is 0 Å². The van der Waals surface area contributed by atoms with E-state index in [4.69, 9.17) is 11.6 Å². The van der Waals surface area contributed by atoms with Gasteiger partial charge >= 0.3 is 6.18 Å². The fourth-order valence-electron chi connectivity index (χ4n) is 2.81. The molecular weight excluding hydrogens is 411 g/mol. The summed E-state index contributed by atoms with van der Waals surface area (Å²) in [5.74, 6) is 0.0409. The molecule has 1 unspecified atom stereocenters. The molecule has 1 saturated carbocycles. The van der Waals surface area contributed by atoms with Gasteiger partial charge in [-0.1, -0.05) is 23.7 Å². The van der Waals surface area contributed by atoms with E-state index in [-0.39, 0.29) is 17.5 Å². The van der Waals surface area contributed by atoms with Crippen LogP contribution < -0.4 is 10.6 Å². The van der Waals surface area contributed by atoms with E-state index in [9.17, 15) is 28.1 Å². The molecule has 0 heterocycles. The van der Waals surface area contributed by atoms with E-state index in [1.807, 2.05) is 0 Å². The topological polar surface area (TPSA) is 84.3 Å². The Hall–Kier alpha value is -2.81. The zero-order chi connectivity index (χ0) is 21.3. The molecule has 0 saturated heterocycles. The molecule has 2 N–H and O–H groups in total. The van der Waals surface area contributed by atoms with E-state index in [1.165, 1.54) is 0 Å². The maximum Gasteiger partial charge on any atom is 0.418 e. The van der Waals surface area contributed by atoms with Gasteiger partial charge < -0.3 is 10.6 Å². The molecule has 1 amide bonds. The molecule has 0 aromatic heterocycles. The molecule has 0 radical (unpaired) electrons. The Morgan fingerprint density at radius 3 is 2.38 bits per heavy atom. The molecule has 1 atom stereocenters.